The molecule has 0 aromatic heterocycles. The van der Waals surface area contributed by atoms with Gasteiger partial charge < -0.3 is 10.0 Å². The molecule has 2 aromatic rings. The van der Waals surface area contributed by atoms with E-state index in [1.165, 1.54) is 22.5 Å². The Morgan fingerprint density at radius 3 is 2.08 bits per heavy atom. The monoisotopic (exact) mass is 322 g/mol. The lowest BCUT2D eigenvalue weighted by molar-refractivity contribution is -0.137. The van der Waals surface area contributed by atoms with Crippen LogP contribution in [0.4, 0.5) is 11.4 Å². The molecule has 0 bridgehead atoms. The minimum atomic E-state index is -0.694. The Hall–Kier alpha value is -2.33. The molecule has 4 nitrogen and oxygen atoms in total. The predicted octanol–water partition coefficient (Wildman–Crippen LogP) is 3.08. The van der Waals surface area contributed by atoms with E-state index >= 15 is 0 Å². The zero-order valence-corrected chi connectivity index (χ0v) is 13.7. The Morgan fingerprint density at radius 2 is 1.54 bits per heavy atom. The summed E-state index contributed by atoms with van der Waals surface area (Å²) in [5, 5.41) is 9.02. The molecule has 0 spiro atoms. The Kier molecular flexibility index (Phi) is 3.98. The highest BCUT2D eigenvalue weighted by molar-refractivity contribution is 5.77. The van der Waals surface area contributed by atoms with Gasteiger partial charge in [0.25, 0.3) is 0 Å². The third-order valence-electron chi connectivity index (χ3n) is 5.06. The summed E-state index contributed by atoms with van der Waals surface area (Å²) in [6.45, 7) is 2.46. The van der Waals surface area contributed by atoms with E-state index < -0.39 is 5.97 Å². The lowest BCUT2D eigenvalue weighted by Crippen LogP contribution is -2.22. The van der Waals surface area contributed by atoms with Crippen molar-refractivity contribution in [3.63, 3.8) is 0 Å². The number of para-hydroxylation sites is 2. The SMILES string of the molecule is O=C(O)C1CN1CCCN1c2ccccc2CCc2ccccc21. The summed E-state index contributed by atoms with van der Waals surface area (Å²) >= 11 is 0. The molecule has 2 atom stereocenters. The highest BCUT2D eigenvalue weighted by Crippen LogP contribution is 2.36. The molecular formula is C20H22N2O2. The van der Waals surface area contributed by atoms with Gasteiger partial charge in [-0.05, 0) is 42.5 Å². The second-order valence-corrected chi connectivity index (χ2v) is 6.61. The standard InChI is InChI=1S/C20H22N2O2/c23-20(24)19-14-21(19)12-5-13-22-17-8-3-1-6-15(17)10-11-16-7-2-4-9-18(16)22/h1-4,6-9,19H,5,10-14H2,(H,23,24). The number of carboxylic acid groups (broad SMARTS) is 1. The Bertz CT molecular complexity index is 711. The first-order valence-corrected chi connectivity index (χ1v) is 8.64. The summed E-state index contributed by atoms with van der Waals surface area (Å²) in [5.74, 6) is -0.694. The van der Waals surface area contributed by atoms with Gasteiger partial charge in [-0.25, -0.2) is 0 Å². The fraction of sp³-hybridized carbons (Fsp3) is 0.350. The molecule has 4 rings (SSSR count). The third-order valence-corrected chi connectivity index (χ3v) is 5.06. The number of anilines is 2. The zero-order chi connectivity index (χ0) is 16.5. The van der Waals surface area contributed by atoms with Gasteiger partial charge in [0.2, 0.25) is 0 Å². The molecule has 2 unspecified atom stereocenters. The van der Waals surface area contributed by atoms with Gasteiger partial charge in [0.05, 0.1) is 0 Å². The van der Waals surface area contributed by atoms with Crippen LogP contribution in [0.1, 0.15) is 17.5 Å². The molecule has 2 aliphatic rings. The smallest absolute Gasteiger partial charge is 0.322 e. The van der Waals surface area contributed by atoms with Gasteiger partial charge >= 0.3 is 5.97 Å². The first kappa shape index (κ1) is 15.2. The van der Waals surface area contributed by atoms with Crippen LogP contribution in [0.3, 0.4) is 0 Å². The second kappa shape index (κ2) is 6.29. The molecule has 2 aliphatic heterocycles. The van der Waals surface area contributed by atoms with Gasteiger partial charge in [-0.3, -0.25) is 9.69 Å². The molecular weight excluding hydrogens is 300 g/mol. The molecule has 2 heterocycles. The molecule has 24 heavy (non-hydrogen) atoms. The first-order chi connectivity index (χ1) is 11.7. The Morgan fingerprint density at radius 1 is 0.958 bits per heavy atom. The van der Waals surface area contributed by atoms with E-state index in [1.54, 1.807) is 0 Å². The maximum atomic E-state index is 11.0. The third kappa shape index (κ3) is 2.89. The average molecular weight is 322 g/mol. The molecule has 1 saturated heterocycles. The Labute approximate surface area is 142 Å². The predicted molar refractivity (Wildman–Crippen MR) is 94.9 cm³/mol. The van der Waals surface area contributed by atoms with Gasteiger partial charge in [-0.2, -0.15) is 0 Å². The van der Waals surface area contributed by atoms with Crippen molar-refractivity contribution in [1.29, 1.82) is 0 Å². The maximum Gasteiger partial charge on any atom is 0.322 e. The topological polar surface area (TPSA) is 43.5 Å². The van der Waals surface area contributed by atoms with Crippen molar-refractivity contribution < 1.29 is 9.90 Å². The number of benzene rings is 2. The number of carboxylic acids is 1. The first-order valence-electron chi connectivity index (χ1n) is 8.64. The van der Waals surface area contributed by atoms with Crippen molar-refractivity contribution in [2.24, 2.45) is 0 Å². The van der Waals surface area contributed by atoms with Gasteiger partial charge in [-0.1, -0.05) is 36.4 Å². The van der Waals surface area contributed by atoms with Crippen molar-refractivity contribution in [2.45, 2.75) is 25.3 Å². The van der Waals surface area contributed by atoms with Crippen LogP contribution in [0, 0.1) is 0 Å². The van der Waals surface area contributed by atoms with E-state index in [2.05, 4.69) is 53.4 Å². The van der Waals surface area contributed by atoms with Crippen molar-refractivity contribution in [1.82, 2.24) is 4.90 Å². The molecule has 0 amide bonds. The number of fused-ring (bicyclic) bond motifs is 2. The summed E-state index contributed by atoms with van der Waals surface area (Å²) in [6.07, 6.45) is 3.10. The summed E-state index contributed by atoms with van der Waals surface area (Å²) in [4.78, 5) is 15.4. The minimum Gasteiger partial charge on any atom is -0.480 e. The van der Waals surface area contributed by atoms with Crippen LogP contribution in [-0.2, 0) is 17.6 Å². The highest BCUT2D eigenvalue weighted by Gasteiger charge is 2.39. The van der Waals surface area contributed by atoms with Crippen molar-refractivity contribution in [2.75, 3.05) is 24.5 Å². The van der Waals surface area contributed by atoms with Crippen molar-refractivity contribution >= 4 is 17.3 Å². The van der Waals surface area contributed by atoms with Crippen LogP contribution in [0.2, 0.25) is 0 Å². The number of aliphatic carboxylic acids is 1. The van der Waals surface area contributed by atoms with Crippen LogP contribution < -0.4 is 4.90 Å². The minimum absolute atomic E-state index is 0.256. The molecule has 0 radical (unpaired) electrons. The average Bonchev–Trinajstić information content (AvgIpc) is 3.39. The van der Waals surface area contributed by atoms with E-state index in [0.717, 1.165) is 32.4 Å². The largest absolute Gasteiger partial charge is 0.480 e. The summed E-state index contributed by atoms with van der Waals surface area (Å²) in [6, 6.07) is 17.0. The van der Waals surface area contributed by atoms with Crippen LogP contribution in [0.5, 0.6) is 0 Å². The fourth-order valence-corrected chi connectivity index (χ4v) is 3.70. The molecule has 0 saturated carbocycles. The number of nitrogens with zero attached hydrogens (tertiary/aromatic N) is 2. The quantitative estimate of drug-likeness (QED) is 0.859. The summed E-state index contributed by atoms with van der Waals surface area (Å²) < 4.78 is 0. The van der Waals surface area contributed by atoms with Crippen molar-refractivity contribution in [3.8, 4) is 0 Å². The summed E-state index contributed by atoms with van der Waals surface area (Å²) in [7, 11) is 0. The van der Waals surface area contributed by atoms with Gasteiger partial charge in [0.1, 0.15) is 6.04 Å². The van der Waals surface area contributed by atoms with E-state index in [0.29, 0.717) is 6.54 Å². The molecule has 124 valence electrons. The second-order valence-electron chi connectivity index (χ2n) is 6.61. The molecule has 1 N–H and O–H groups in total. The van der Waals surface area contributed by atoms with Crippen LogP contribution in [-0.4, -0.2) is 41.7 Å². The van der Waals surface area contributed by atoms with Gasteiger partial charge in [0, 0.05) is 31.0 Å². The lowest BCUT2D eigenvalue weighted by Gasteiger charge is -2.27. The van der Waals surface area contributed by atoms with Crippen LogP contribution in [0.25, 0.3) is 0 Å². The molecule has 4 heteroatoms. The number of aryl methyl sites for hydroxylation is 2. The molecule has 2 aromatic carbocycles. The van der Waals surface area contributed by atoms with E-state index in [9.17, 15) is 4.79 Å². The zero-order valence-electron chi connectivity index (χ0n) is 13.7. The summed E-state index contributed by atoms with van der Waals surface area (Å²) in [5.41, 5.74) is 5.37. The normalized spacial score (nSPS) is 21.6. The number of carbonyl (C=O) groups is 1. The fourth-order valence-electron chi connectivity index (χ4n) is 3.70. The van der Waals surface area contributed by atoms with Gasteiger partial charge in [-0.15, -0.1) is 0 Å². The Balaban J connectivity index is 1.53. The number of hydrogen-bond acceptors (Lipinski definition) is 3. The number of rotatable bonds is 5. The lowest BCUT2D eigenvalue weighted by atomic mass is 10.0. The maximum absolute atomic E-state index is 11.0. The van der Waals surface area contributed by atoms with E-state index in [4.69, 9.17) is 5.11 Å². The van der Waals surface area contributed by atoms with Crippen LogP contribution >= 0.6 is 0 Å². The van der Waals surface area contributed by atoms with Crippen molar-refractivity contribution in [3.05, 3.63) is 59.7 Å². The molecule has 1 fully saturated rings. The highest BCUT2D eigenvalue weighted by atomic mass is 16.4. The molecule has 0 aliphatic carbocycles. The van der Waals surface area contributed by atoms with E-state index in [-0.39, 0.29) is 6.04 Å². The van der Waals surface area contributed by atoms with Gasteiger partial charge in [0.15, 0.2) is 0 Å². The van der Waals surface area contributed by atoms with E-state index in [1.807, 2.05) is 4.90 Å². The number of hydrogen-bond donors (Lipinski definition) is 1. The van der Waals surface area contributed by atoms with Crippen LogP contribution in [0.15, 0.2) is 48.5 Å².